The second-order valence-electron chi connectivity index (χ2n) is 11.1. The summed E-state index contributed by atoms with van der Waals surface area (Å²) in [6.07, 6.45) is 0. The molecule has 1 radical (unpaired) electrons. The Bertz CT molecular complexity index is 2790. The number of H-pyrrole nitrogens is 2. The summed E-state index contributed by atoms with van der Waals surface area (Å²) >= 11 is 0. The Balaban J connectivity index is 0.00000196. The van der Waals surface area contributed by atoms with E-state index in [1.807, 2.05) is 48.5 Å². The summed E-state index contributed by atoms with van der Waals surface area (Å²) in [5.41, 5.74) is 3.13. The first-order chi connectivity index (χ1) is 23.0. The van der Waals surface area contributed by atoms with Gasteiger partial charge < -0.3 is 9.97 Å². The van der Waals surface area contributed by atoms with Crippen molar-refractivity contribution in [3.63, 3.8) is 0 Å². The molecule has 0 unspecified atom stereocenters. The van der Waals surface area contributed by atoms with Gasteiger partial charge in [0.2, 0.25) is 0 Å². The van der Waals surface area contributed by atoms with Crippen molar-refractivity contribution in [3.05, 3.63) is 84.9 Å². The monoisotopic (exact) mass is 760 g/mol. The second-order valence-corrected chi connectivity index (χ2v) is 13.9. The third-order valence-electron chi connectivity index (χ3n) is 8.18. The van der Waals surface area contributed by atoms with E-state index in [1.165, 1.54) is 36.4 Å². The van der Waals surface area contributed by atoms with Crippen molar-refractivity contribution in [1.82, 2.24) is 39.9 Å². The van der Waals surface area contributed by atoms with Gasteiger partial charge in [-0.2, -0.15) is 16.8 Å². The minimum atomic E-state index is -4.54. The van der Waals surface area contributed by atoms with Crippen molar-refractivity contribution in [3.8, 4) is 45.6 Å². The number of rotatable bonds is 2. The molecule has 9 rings (SSSR count). The molecule has 0 fully saturated rings. The summed E-state index contributed by atoms with van der Waals surface area (Å²) in [4.78, 5) is 34.5. The van der Waals surface area contributed by atoms with Gasteiger partial charge in [-0.15, -0.1) is 0 Å². The predicted octanol–water partition coefficient (Wildman–Crippen LogP) is 2.36. The molecule has 0 atom stereocenters. The van der Waals surface area contributed by atoms with E-state index in [-0.39, 0.29) is 79.7 Å². The van der Waals surface area contributed by atoms with Crippen molar-refractivity contribution in [1.29, 1.82) is 0 Å². The zero-order valence-corrected chi connectivity index (χ0v) is 30.0. The van der Waals surface area contributed by atoms with Gasteiger partial charge in [0, 0.05) is 43.8 Å². The van der Waals surface area contributed by atoms with Gasteiger partial charge >= 0.3 is 46.6 Å². The Hall–Kier alpha value is -4.42. The molecule has 8 bridgehead atoms. The van der Waals surface area contributed by atoms with Crippen molar-refractivity contribution in [2.75, 3.05) is 0 Å². The minimum Gasteiger partial charge on any atom is -0.324 e. The van der Waals surface area contributed by atoms with Crippen LogP contribution in [0.15, 0.2) is 94.7 Å². The standard InChI is InChI=1S/C32H18N8O6S2.Cu.Na/c41-47(42,43)15-9-11-21-23(13-15)32-38-28-20-8-4-2-6-18(20)26(34-28)36-30-22-12-10-16(48(44,45)46)14-24(22)31(40-30)37-27-19-7-3-1-5-17(19)25(33-27)35-29(21)39-32;;/h1-14H,(H,41,42,43)(H,44,45,46)(H2,33,34,35,36,37,38,39,40);;/q;+2;+1. The van der Waals surface area contributed by atoms with Crippen molar-refractivity contribution in [2.24, 2.45) is 0 Å². The molecule has 5 heterocycles. The van der Waals surface area contributed by atoms with Crippen LogP contribution in [0.5, 0.6) is 0 Å². The normalized spacial score (nSPS) is 12.2. The first kappa shape index (κ1) is 34.0. The van der Waals surface area contributed by atoms with Crippen molar-refractivity contribution in [2.45, 2.75) is 9.79 Å². The van der Waals surface area contributed by atoms with E-state index in [1.54, 1.807) is 0 Å². The molecular formula is C32H18CuN8NaO6S2+3. The quantitative estimate of drug-likeness (QED) is 0.148. The van der Waals surface area contributed by atoms with E-state index in [0.29, 0.717) is 66.4 Å². The van der Waals surface area contributed by atoms with Crippen LogP contribution < -0.4 is 29.6 Å². The summed E-state index contributed by atoms with van der Waals surface area (Å²) in [5, 5.41) is 2.72. The maximum atomic E-state index is 12.1. The predicted molar refractivity (Wildman–Crippen MR) is 176 cm³/mol. The molecule has 0 saturated carbocycles. The summed E-state index contributed by atoms with van der Waals surface area (Å²) in [5.74, 6) is 0.762. The maximum absolute atomic E-state index is 12.1. The zero-order chi connectivity index (χ0) is 32.9. The van der Waals surface area contributed by atoms with Crippen LogP contribution in [0.2, 0.25) is 0 Å². The van der Waals surface area contributed by atoms with Gasteiger partial charge in [-0.25, -0.2) is 29.9 Å². The van der Waals surface area contributed by atoms with Crippen molar-refractivity contribution < 1.29 is 72.6 Å². The molecule has 3 aromatic heterocycles. The summed E-state index contributed by atoms with van der Waals surface area (Å²) in [6, 6.07) is 22.8. The van der Waals surface area contributed by atoms with E-state index in [2.05, 4.69) is 9.97 Å². The minimum absolute atomic E-state index is 0. The average Bonchev–Trinajstić information content (AvgIpc) is 3.79. The first-order valence-electron chi connectivity index (χ1n) is 14.3. The summed E-state index contributed by atoms with van der Waals surface area (Å²) < 4.78 is 68.0. The SMILES string of the molecule is O=S(=O)(O)c1ccc2c(c1)-c1nc-2nc2[nH]c(nc3nc(nc4[nH]c(n1)c1ccccc41)-c1ccc(S(=O)(=O)O)cc1-3)c1ccccc21.[Cu+2].[Na+]. The zero-order valence-electron chi connectivity index (χ0n) is 25.4. The molecule has 2 aliphatic rings. The maximum Gasteiger partial charge on any atom is 2.00 e. The van der Waals surface area contributed by atoms with Gasteiger partial charge in [0.25, 0.3) is 20.2 Å². The fourth-order valence-electron chi connectivity index (χ4n) is 5.97. The van der Waals surface area contributed by atoms with Gasteiger partial charge in [-0.3, -0.25) is 9.11 Å². The Morgan fingerprint density at radius 3 is 1.04 bits per heavy atom. The topological polar surface area (TPSA) is 218 Å². The number of fused-ring (bicyclic) bond motifs is 20. The van der Waals surface area contributed by atoms with E-state index >= 15 is 0 Å². The van der Waals surface area contributed by atoms with E-state index in [4.69, 9.17) is 29.9 Å². The Morgan fingerprint density at radius 2 is 0.740 bits per heavy atom. The Kier molecular flexibility index (Phi) is 8.25. The number of aromatic amines is 2. The van der Waals surface area contributed by atoms with Crippen LogP contribution in [-0.4, -0.2) is 65.8 Å². The van der Waals surface area contributed by atoms with Crippen molar-refractivity contribution >= 4 is 64.4 Å². The van der Waals surface area contributed by atoms with E-state index in [9.17, 15) is 25.9 Å². The summed E-state index contributed by atoms with van der Waals surface area (Å²) in [7, 11) is -9.08. The van der Waals surface area contributed by atoms with E-state index < -0.39 is 20.2 Å². The largest absolute Gasteiger partial charge is 2.00 e. The number of nitrogens with zero attached hydrogens (tertiary/aromatic N) is 6. The van der Waals surface area contributed by atoms with Gasteiger partial charge in [0.15, 0.2) is 23.3 Å². The molecule has 243 valence electrons. The number of benzene rings is 4. The van der Waals surface area contributed by atoms with Crippen LogP contribution in [0.1, 0.15) is 0 Å². The molecule has 4 N–H and O–H groups in total. The Labute approximate surface area is 314 Å². The van der Waals surface area contributed by atoms with Gasteiger partial charge in [0.05, 0.1) is 9.79 Å². The molecule has 4 aromatic carbocycles. The molecule has 0 amide bonds. The molecular weight excluding hydrogens is 743 g/mol. The van der Waals surface area contributed by atoms with Crippen LogP contribution >= 0.6 is 0 Å². The fourth-order valence-corrected chi connectivity index (χ4v) is 6.99. The third-order valence-corrected chi connectivity index (χ3v) is 9.88. The number of hydrogen-bond acceptors (Lipinski definition) is 10. The number of hydrogen-bond donors (Lipinski definition) is 4. The molecule has 0 saturated heterocycles. The van der Waals surface area contributed by atoms with Gasteiger partial charge in [-0.05, 0) is 36.4 Å². The molecule has 7 aromatic rings. The van der Waals surface area contributed by atoms with Crippen LogP contribution in [0, 0.1) is 0 Å². The molecule has 14 nitrogen and oxygen atoms in total. The summed E-state index contributed by atoms with van der Waals surface area (Å²) in [6.45, 7) is 0. The average molecular weight is 761 g/mol. The van der Waals surface area contributed by atoms with Crippen LogP contribution in [0.4, 0.5) is 0 Å². The number of nitrogens with one attached hydrogen (secondary N) is 2. The molecule has 50 heavy (non-hydrogen) atoms. The Morgan fingerprint density at radius 1 is 0.440 bits per heavy atom. The molecule has 0 spiro atoms. The first-order valence-corrected chi connectivity index (χ1v) is 17.1. The molecule has 18 heteroatoms. The van der Waals surface area contributed by atoms with Gasteiger partial charge in [-0.1, -0.05) is 48.5 Å². The second kappa shape index (κ2) is 12.1. The smallest absolute Gasteiger partial charge is 0.324 e. The van der Waals surface area contributed by atoms with E-state index in [0.717, 1.165) is 0 Å². The number of aromatic nitrogens is 8. The fraction of sp³-hybridized carbons (Fsp3) is 0. The third kappa shape index (κ3) is 5.53. The molecule has 2 aliphatic heterocycles. The van der Waals surface area contributed by atoms with Crippen LogP contribution in [0.25, 0.3) is 89.7 Å². The van der Waals surface area contributed by atoms with Crippen LogP contribution in [0.3, 0.4) is 0 Å². The van der Waals surface area contributed by atoms with Crippen LogP contribution in [-0.2, 0) is 37.3 Å². The molecule has 0 aliphatic carbocycles. The van der Waals surface area contributed by atoms with Gasteiger partial charge in [0.1, 0.15) is 22.6 Å².